The van der Waals surface area contributed by atoms with Crippen LogP contribution in [0, 0.1) is 0 Å². The maximum atomic E-state index is 5.61. The van der Waals surface area contributed by atoms with Gasteiger partial charge in [0.25, 0.3) is 0 Å². The van der Waals surface area contributed by atoms with Crippen LogP contribution in [0.15, 0.2) is 24.0 Å². The van der Waals surface area contributed by atoms with E-state index in [4.69, 9.17) is 11.6 Å². The van der Waals surface area contributed by atoms with Gasteiger partial charge in [-0.15, -0.1) is 5.10 Å². The number of rotatable bonds is 3. The summed E-state index contributed by atoms with van der Waals surface area (Å²) in [6.07, 6.45) is 3.26. The van der Waals surface area contributed by atoms with E-state index < -0.39 is 0 Å². The van der Waals surface area contributed by atoms with Crippen molar-refractivity contribution in [2.24, 2.45) is 0 Å². The lowest BCUT2D eigenvalue weighted by Crippen LogP contribution is -2.05. The molecule has 2 heterocycles. The fourth-order valence-electron chi connectivity index (χ4n) is 0.983. The molecule has 0 aliphatic heterocycles. The molecule has 6 nitrogen and oxygen atoms in total. The van der Waals surface area contributed by atoms with E-state index in [1.165, 1.54) is 4.52 Å². The summed E-state index contributed by atoms with van der Waals surface area (Å²) >= 11 is 5.61. The molecule has 0 fully saturated rings. The highest BCUT2D eigenvalue weighted by molar-refractivity contribution is 6.29. The second-order valence-electron chi connectivity index (χ2n) is 2.59. The summed E-state index contributed by atoms with van der Waals surface area (Å²) in [6, 6.07) is 0. The largest absolute Gasteiger partial charge is 0.362 e. The van der Waals surface area contributed by atoms with Gasteiger partial charge in [0.1, 0.15) is 0 Å². The van der Waals surface area contributed by atoms with Crippen molar-refractivity contribution in [1.82, 2.24) is 25.0 Å². The third-order valence-corrected chi connectivity index (χ3v) is 1.70. The molecule has 2 aromatic rings. The van der Waals surface area contributed by atoms with E-state index in [0.29, 0.717) is 23.0 Å². The molecule has 14 heavy (non-hydrogen) atoms. The number of fused-ring (bicyclic) bond motifs is 1. The first-order chi connectivity index (χ1) is 6.77. The van der Waals surface area contributed by atoms with Crippen LogP contribution in [0.1, 0.15) is 0 Å². The van der Waals surface area contributed by atoms with Gasteiger partial charge in [-0.2, -0.15) is 4.52 Å². The van der Waals surface area contributed by atoms with Crippen molar-refractivity contribution in [2.45, 2.75) is 0 Å². The van der Waals surface area contributed by atoms with Crippen LogP contribution in [0.3, 0.4) is 0 Å². The van der Waals surface area contributed by atoms with E-state index in [9.17, 15) is 0 Å². The molecule has 0 aliphatic rings. The fourth-order valence-corrected chi connectivity index (χ4v) is 1.05. The summed E-state index contributed by atoms with van der Waals surface area (Å²) in [5.74, 6) is 0.583. The van der Waals surface area contributed by atoms with E-state index in [1.54, 1.807) is 12.4 Å². The van der Waals surface area contributed by atoms with Crippen LogP contribution >= 0.6 is 11.6 Å². The smallest absolute Gasteiger partial charge is 0.221 e. The molecule has 0 spiro atoms. The van der Waals surface area contributed by atoms with Crippen LogP contribution in [0.4, 0.5) is 5.82 Å². The average molecular weight is 211 g/mol. The highest BCUT2D eigenvalue weighted by Crippen LogP contribution is 2.09. The van der Waals surface area contributed by atoms with Crippen LogP contribution in [-0.4, -0.2) is 31.6 Å². The predicted molar refractivity (Wildman–Crippen MR) is 52.1 cm³/mol. The third kappa shape index (κ3) is 1.64. The third-order valence-electron chi connectivity index (χ3n) is 1.56. The lowest BCUT2D eigenvalue weighted by molar-refractivity contribution is 0.820. The highest BCUT2D eigenvalue weighted by atomic mass is 35.5. The van der Waals surface area contributed by atoms with Crippen LogP contribution in [-0.2, 0) is 0 Å². The Hall–Kier alpha value is -1.69. The SMILES string of the molecule is C=C(Cl)CNc1nccn2nnnc12. The number of tetrazole rings is 1. The molecule has 0 unspecified atom stereocenters. The first-order valence-corrected chi connectivity index (χ1v) is 4.25. The minimum Gasteiger partial charge on any atom is -0.362 e. The van der Waals surface area contributed by atoms with Gasteiger partial charge in [-0.25, -0.2) is 4.98 Å². The minimum absolute atomic E-state index is 0.432. The van der Waals surface area contributed by atoms with Crippen LogP contribution in [0.5, 0.6) is 0 Å². The van der Waals surface area contributed by atoms with Crippen molar-refractivity contribution in [3.63, 3.8) is 0 Å². The molecular weight excluding hydrogens is 204 g/mol. The standard InChI is InChI=1S/C7H7ClN6/c1-5(8)4-10-6-7-11-12-13-14(7)3-2-9-6/h2-3H,1,4H2,(H,9,10). The Labute approximate surface area is 84.6 Å². The number of nitrogens with one attached hydrogen (secondary N) is 1. The van der Waals surface area contributed by atoms with Gasteiger partial charge in [0, 0.05) is 11.2 Å². The molecule has 0 saturated carbocycles. The Morgan fingerprint density at radius 2 is 2.50 bits per heavy atom. The summed E-state index contributed by atoms with van der Waals surface area (Å²) in [4.78, 5) is 4.08. The van der Waals surface area contributed by atoms with Gasteiger partial charge in [0.05, 0.1) is 12.7 Å². The van der Waals surface area contributed by atoms with Crippen molar-refractivity contribution in [3.05, 3.63) is 24.0 Å². The van der Waals surface area contributed by atoms with E-state index in [-0.39, 0.29) is 0 Å². The van der Waals surface area contributed by atoms with Gasteiger partial charge >= 0.3 is 0 Å². The molecule has 0 atom stereocenters. The minimum atomic E-state index is 0.432. The Morgan fingerprint density at radius 1 is 1.64 bits per heavy atom. The Kier molecular flexibility index (Phi) is 2.28. The second-order valence-corrected chi connectivity index (χ2v) is 3.13. The van der Waals surface area contributed by atoms with Gasteiger partial charge < -0.3 is 5.32 Å². The Bertz CT molecular complexity index is 464. The van der Waals surface area contributed by atoms with Crippen molar-refractivity contribution in [1.29, 1.82) is 0 Å². The summed E-state index contributed by atoms with van der Waals surface area (Å²) in [5, 5.41) is 14.5. The van der Waals surface area contributed by atoms with Crippen molar-refractivity contribution in [3.8, 4) is 0 Å². The zero-order valence-corrected chi connectivity index (χ0v) is 7.94. The predicted octanol–water partition coefficient (Wildman–Crippen LogP) is 0.684. The van der Waals surface area contributed by atoms with Gasteiger partial charge in [-0.05, 0) is 10.4 Å². The Balaban J connectivity index is 2.32. The first-order valence-electron chi connectivity index (χ1n) is 3.87. The zero-order valence-electron chi connectivity index (χ0n) is 7.18. The number of anilines is 1. The molecule has 0 bridgehead atoms. The number of halogens is 1. The van der Waals surface area contributed by atoms with Crippen LogP contribution in [0.2, 0.25) is 0 Å². The lowest BCUT2D eigenvalue weighted by atomic mass is 10.5. The zero-order chi connectivity index (χ0) is 9.97. The molecule has 2 rings (SSSR count). The molecule has 0 amide bonds. The second kappa shape index (κ2) is 3.59. The molecular formula is C7H7ClN6. The van der Waals surface area contributed by atoms with Gasteiger partial charge in [-0.3, -0.25) is 0 Å². The van der Waals surface area contributed by atoms with E-state index in [1.807, 2.05) is 0 Å². The number of nitrogens with zero attached hydrogens (tertiary/aromatic N) is 5. The molecule has 0 aromatic carbocycles. The van der Waals surface area contributed by atoms with Crippen molar-refractivity contribution < 1.29 is 0 Å². The van der Waals surface area contributed by atoms with Crippen LogP contribution in [0.25, 0.3) is 5.65 Å². The molecule has 0 saturated heterocycles. The van der Waals surface area contributed by atoms with E-state index in [2.05, 4.69) is 32.4 Å². The number of hydrogen-bond donors (Lipinski definition) is 1. The van der Waals surface area contributed by atoms with Gasteiger partial charge in [0.2, 0.25) is 5.65 Å². The van der Waals surface area contributed by atoms with Crippen LogP contribution < -0.4 is 5.32 Å². The molecule has 7 heteroatoms. The normalized spacial score (nSPS) is 10.4. The molecule has 2 aromatic heterocycles. The number of hydrogen-bond acceptors (Lipinski definition) is 5. The maximum Gasteiger partial charge on any atom is 0.221 e. The van der Waals surface area contributed by atoms with Crippen molar-refractivity contribution in [2.75, 3.05) is 11.9 Å². The van der Waals surface area contributed by atoms with E-state index >= 15 is 0 Å². The average Bonchev–Trinajstić information content (AvgIpc) is 2.62. The molecule has 0 aliphatic carbocycles. The Morgan fingerprint density at radius 3 is 3.29 bits per heavy atom. The molecule has 0 radical (unpaired) electrons. The topological polar surface area (TPSA) is 68.0 Å². The first kappa shape index (κ1) is 8.89. The summed E-state index contributed by atoms with van der Waals surface area (Å²) < 4.78 is 1.52. The van der Waals surface area contributed by atoms with Gasteiger partial charge in [-0.1, -0.05) is 18.2 Å². The monoisotopic (exact) mass is 210 g/mol. The van der Waals surface area contributed by atoms with Gasteiger partial charge in [0.15, 0.2) is 5.82 Å². The lowest BCUT2D eigenvalue weighted by Gasteiger charge is -2.02. The molecule has 1 N–H and O–H groups in total. The summed E-state index contributed by atoms with van der Waals surface area (Å²) in [5.41, 5.74) is 0.561. The molecule has 72 valence electrons. The summed E-state index contributed by atoms with van der Waals surface area (Å²) in [7, 11) is 0. The van der Waals surface area contributed by atoms with Crippen molar-refractivity contribution >= 4 is 23.1 Å². The maximum absolute atomic E-state index is 5.61. The fraction of sp³-hybridized carbons (Fsp3) is 0.143. The highest BCUT2D eigenvalue weighted by Gasteiger charge is 2.04. The van der Waals surface area contributed by atoms with E-state index in [0.717, 1.165) is 0 Å². The quantitative estimate of drug-likeness (QED) is 0.807. The number of aromatic nitrogens is 5. The summed E-state index contributed by atoms with van der Waals surface area (Å²) in [6.45, 7) is 3.99.